The summed E-state index contributed by atoms with van der Waals surface area (Å²) in [6.07, 6.45) is 0.469. The number of benzene rings is 1. The van der Waals surface area contributed by atoms with E-state index in [1.807, 2.05) is 44.2 Å². The number of hydrogen-bond acceptors (Lipinski definition) is 3. The van der Waals surface area contributed by atoms with Crippen LogP contribution in [0.1, 0.15) is 27.2 Å². The molecule has 0 saturated carbocycles. The molecule has 1 unspecified atom stereocenters. The molecule has 0 amide bonds. The summed E-state index contributed by atoms with van der Waals surface area (Å²) >= 11 is 0. The van der Waals surface area contributed by atoms with Gasteiger partial charge < -0.3 is 9.26 Å². The molecule has 3 nitrogen and oxygen atoms in total. The smallest absolute Gasteiger partial charge is 0.305 e. The molecule has 0 spiro atoms. The second-order valence-corrected chi connectivity index (χ2v) is 2.60. The van der Waals surface area contributed by atoms with Crippen molar-refractivity contribution >= 4 is 15.4 Å². The number of ether oxygens (including phenoxy) is 1. The van der Waals surface area contributed by atoms with E-state index in [-0.39, 0.29) is 5.97 Å². The van der Waals surface area contributed by atoms with Gasteiger partial charge in [-0.1, -0.05) is 39.0 Å². The van der Waals surface area contributed by atoms with Gasteiger partial charge in [0.15, 0.2) is 0 Å². The lowest BCUT2D eigenvalue weighted by Crippen LogP contribution is -1.94. The Morgan fingerprint density at radius 2 is 1.75 bits per heavy atom. The minimum absolute atomic E-state index is 0.157. The van der Waals surface area contributed by atoms with Crippen molar-refractivity contribution in [2.75, 3.05) is 7.11 Å². The molecular weight excluding hydrogens is 223 g/mol. The summed E-state index contributed by atoms with van der Waals surface area (Å²) in [5.74, 6) is 0.715. The van der Waals surface area contributed by atoms with Gasteiger partial charge in [0.05, 0.1) is 16.6 Å². The molecule has 0 aliphatic heterocycles. The van der Waals surface area contributed by atoms with Gasteiger partial charge in [-0.3, -0.25) is 4.79 Å². The predicted octanol–water partition coefficient (Wildman–Crippen LogP) is 3.45. The van der Waals surface area contributed by atoms with Crippen LogP contribution in [0.15, 0.2) is 30.3 Å². The van der Waals surface area contributed by atoms with E-state index in [4.69, 9.17) is 4.52 Å². The second kappa shape index (κ2) is 13.9. The highest BCUT2D eigenvalue weighted by molar-refractivity contribution is 7.10. The van der Waals surface area contributed by atoms with Crippen LogP contribution in [0.2, 0.25) is 0 Å². The van der Waals surface area contributed by atoms with E-state index in [0.717, 1.165) is 5.75 Å². The summed E-state index contributed by atoms with van der Waals surface area (Å²) in [6, 6.07) is 9.60. The molecule has 0 aromatic heterocycles. The fourth-order valence-electron chi connectivity index (χ4n) is 0.643. The highest BCUT2D eigenvalue weighted by Crippen LogP contribution is 2.09. The molecule has 1 rings (SSSR count). The lowest BCUT2D eigenvalue weighted by Gasteiger charge is -1.93. The van der Waals surface area contributed by atoms with Crippen molar-refractivity contribution in [3.63, 3.8) is 0 Å². The fourth-order valence-corrected chi connectivity index (χ4v) is 0.801. The standard InChI is InChI=1S/C6H7OP.C4H8O2.C2H6/c8-7-6-4-2-1-3-5-6;1-3-4(5)6-2;1-2/h1-5H,8H2;3H2,1-2H3;1-2H3. The summed E-state index contributed by atoms with van der Waals surface area (Å²) in [7, 11) is 3.57. The van der Waals surface area contributed by atoms with E-state index in [2.05, 4.69) is 14.2 Å². The number of carbonyl (C=O) groups is 1. The van der Waals surface area contributed by atoms with Crippen molar-refractivity contribution in [2.24, 2.45) is 0 Å². The topological polar surface area (TPSA) is 35.5 Å². The van der Waals surface area contributed by atoms with Crippen LogP contribution >= 0.6 is 9.47 Å². The van der Waals surface area contributed by atoms with Crippen molar-refractivity contribution in [3.8, 4) is 5.75 Å². The monoisotopic (exact) mass is 244 g/mol. The number of hydrogen-bond donors (Lipinski definition) is 0. The van der Waals surface area contributed by atoms with Crippen LogP contribution in [0, 0.1) is 0 Å². The van der Waals surface area contributed by atoms with Crippen LogP contribution in [0.3, 0.4) is 0 Å². The molecule has 0 saturated heterocycles. The first-order valence-corrected chi connectivity index (χ1v) is 5.70. The van der Waals surface area contributed by atoms with Gasteiger partial charge in [-0.15, -0.1) is 0 Å². The summed E-state index contributed by atoms with van der Waals surface area (Å²) in [5.41, 5.74) is 0. The fraction of sp³-hybridized carbons (Fsp3) is 0.417. The maximum atomic E-state index is 9.96. The Balaban J connectivity index is 0. The first kappa shape index (κ1) is 17.3. The van der Waals surface area contributed by atoms with Gasteiger partial charge in [-0.25, -0.2) is 0 Å². The quantitative estimate of drug-likeness (QED) is 0.590. The molecule has 0 bridgehead atoms. The van der Waals surface area contributed by atoms with Crippen LogP contribution in [0.25, 0.3) is 0 Å². The third kappa shape index (κ3) is 11.0. The van der Waals surface area contributed by atoms with Crippen LogP contribution in [-0.4, -0.2) is 13.1 Å². The molecule has 1 aromatic carbocycles. The molecule has 16 heavy (non-hydrogen) atoms. The van der Waals surface area contributed by atoms with E-state index >= 15 is 0 Å². The summed E-state index contributed by atoms with van der Waals surface area (Å²) in [4.78, 5) is 9.96. The number of esters is 1. The van der Waals surface area contributed by atoms with Crippen molar-refractivity contribution < 1.29 is 14.1 Å². The normalized spacial score (nSPS) is 7.56. The lowest BCUT2D eigenvalue weighted by molar-refractivity contribution is -0.140. The highest BCUT2D eigenvalue weighted by Gasteiger charge is 1.87. The zero-order valence-corrected chi connectivity index (χ0v) is 11.6. The predicted molar refractivity (Wildman–Crippen MR) is 70.4 cm³/mol. The average molecular weight is 244 g/mol. The molecule has 0 aliphatic rings. The third-order valence-corrected chi connectivity index (χ3v) is 1.67. The Morgan fingerprint density at radius 1 is 1.25 bits per heavy atom. The van der Waals surface area contributed by atoms with Gasteiger partial charge >= 0.3 is 5.97 Å². The summed E-state index contributed by atoms with van der Waals surface area (Å²) in [6.45, 7) is 5.76. The molecule has 0 fully saturated rings. The zero-order chi connectivity index (χ0) is 12.8. The lowest BCUT2D eigenvalue weighted by atomic mass is 10.3. The van der Waals surface area contributed by atoms with E-state index in [9.17, 15) is 4.79 Å². The third-order valence-electron chi connectivity index (χ3n) is 1.40. The SMILES string of the molecule is CC.CCC(=O)OC.POc1ccccc1. The van der Waals surface area contributed by atoms with E-state index in [1.54, 1.807) is 6.92 Å². The number of rotatable bonds is 2. The van der Waals surface area contributed by atoms with E-state index in [1.165, 1.54) is 7.11 Å². The molecule has 4 heteroatoms. The Labute approximate surface area is 100 Å². The maximum absolute atomic E-state index is 9.96. The number of carbonyl (C=O) groups excluding carboxylic acids is 1. The molecule has 1 aromatic rings. The molecule has 0 radical (unpaired) electrons. The molecule has 92 valence electrons. The number of methoxy groups -OCH3 is 1. The van der Waals surface area contributed by atoms with E-state index < -0.39 is 0 Å². The largest absolute Gasteiger partial charge is 0.480 e. The first-order chi connectivity index (χ1) is 7.74. The van der Waals surface area contributed by atoms with Crippen LogP contribution < -0.4 is 4.52 Å². The van der Waals surface area contributed by atoms with Gasteiger partial charge in [-0.2, -0.15) is 0 Å². The first-order valence-electron chi connectivity index (χ1n) is 5.23. The van der Waals surface area contributed by atoms with Gasteiger partial charge in [0.2, 0.25) is 0 Å². The molecule has 0 aliphatic carbocycles. The number of para-hydroxylation sites is 1. The maximum Gasteiger partial charge on any atom is 0.305 e. The Bertz CT molecular complexity index is 244. The molecule has 0 heterocycles. The minimum Gasteiger partial charge on any atom is -0.480 e. The summed E-state index contributed by atoms with van der Waals surface area (Å²) < 4.78 is 9.09. The van der Waals surface area contributed by atoms with Crippen molar-refractivity contribution in [3.05, 3.63) is 30.3 Å². The van der Waals surface area contributed by atoms with Crippen LogP contribution in [0.5, 0.6) is 5.75 Å². The average Bonchev–Trinajstić information content (AvgIpc) is 2.41. The zero-order valence-electron chi connectivity index (χ0n) is 10.4. The van der Waals surface area contributed by atoms with Crippen LogP contribution in [-0.2, 0) is 9.53 Å². The van der Waals surface area contributed by atoms with Crippen molar-refractivity contribution in [2.45, 2.75) is 27.2 Å². The van der Waals surface area contributed by atoms with Gasteiger partial charge in [0, 0.05) is 6.42 Å². The molecule has 1 atom stereocenters. The molecular formula is C12H21O3P. The Kier molecular flexibility index (Phi) is 15.1. The van der Waals surface area contributed by atoms with Crippen molar-refractivity contribution in [1.82, 2.24) is 0 Å². The van der Waals surface area contributed by atoms with E-state index in [0.29, 0.717) is 6.42 Å². The van der Waals surface area contributed by atoms with Crippen molar-refractivity contribution in [1.29, 1.82) is 0 Å². The highest BCUT2D eigenvalue weighted by atomic mass is 31.0. The second-order valence-electron chi connectivity index (χ2n) is 2.36. The Hall–Kier alpha value is -1.08. The Morgan fingerprint density at radius 3 is 1.94 bits per heavy atom. The molecule has 0 N–H and O–H groups in total. The summed E-state index contributed by atoms with van der Waals surface area (Å²) in [5, 5.41) is 0. The van der Waals surface area contributed by atoms with Gasteiger partial charge in [-0.05, 0) is 12.1 Å². The van der Waals surface area contributed by atoms with Gasteiger partial charge in [0.1, 0.15) is 5.75 Å². The van der Waals surface area contributed by atoms with Crippen LogP contribution in [0.4, 0.5) is 0 Å². The van der Waals surface area contributed by atoms with Gasteiger partial charge in [0.25, 0.3) is 0 Å². The minimum atomic E-state index is -0.157.